The number of rotatable bonds is 6. The van der Waals surface area contributed by atoms with Gasteiger partial charge in [-0.25, -0.2) is 4.79 Å². The van der Waals surface area contributed by atoms with E-state index >= 15 is 0 Å². The van der Waals surface area contributed by atoms with Gasteiger partial charge in [-0.3, -0.25) is 14.5 Å². The summed E-state index contributed by atoms with van der Waals surface area (Å²) >= 11 is 0. The summed E-state index contributed by atoms with van der Waals surface area (Å²) in [6.45, 7) is 0.106. The number of hydrogen-bond acceptors (Lipinski definition) is 5. The van der Waals surface area contributed by atoms with Crippen LogP contribution in [0.5, 0.6) is 0 Å². The number of hydrogen-bond donors (Lipinski definition) is 3. The zero-order valence-corrected chi connectivity index (χ0v) is 16.5. The van der Waals surface area contributed by atoms with Crippen molar-refractivity contribution in [3.05, 3.63) is 83.8 Å². The van der Waals surface area contributed by atoms with Crippen LogP contribution in [0.15, 0.2) is 76.8 Å². The van der Waals surface area contributed by atoms with Gasteiger partial charge in [0.25, 0.3) is 5.91 Å². The highest BCUT2D eigenvalue weighted by atomic mass is 16.3. The molecule has 4 rings (SSSR count). The summed E-state index contributed by atoms with van der Waals surface area (Å²) in [5.41, 5.74) is 7.73. The van der Waals surface area contributed by atoms with Gasteiger partial charge in [0, 0.05) is 17.3 Å². The van der Waals surface area contributed by atoms with Gasteiger partial charge in [-0.15, -0.1) is 0 Å². The number of nitrogens with one attached hydrogen (secondary N) is 2. The van der Waals surface area contributed by atoms with E-state index in [0.29, 0.717) is 17.2 Å². The maximum absolute atomic E-state index is 12.6. The molecule has 1 aliphatic heterocycles. The number of carbonyl (C=O) groups is 3. The van der Waals surface area contributed by atoms with Gasteiger partial charge >= 0.3 is 6.03 Å². The SMILES string of the molecule is NCC(=O)Nc1ccc(-c2ccc(/C=C3\NC(=O)N(Cc4ccccc4)C3=O)o2)cc1. The van der Waals surface area contributed by atoms with Crippen LogP contribution in [0, 0.1) is 0 Å². The van der Waals surface area contributed by atoms with Crippen molar-refractivity contribution >= 4 is 29.6 Å². The normalized spacial score (nSPS) is 14.7. The molecule has 8 nitrogen and oxygen atoms in total. The van der Waals surface area contributed by atoms with Crippen molar-refractivity contribution in [1.82, 2.24) is 10.2 Å². The fraction of sp³-hybridized carbons (Fsp3) is 0.0870. The highest BCUT2D eigenvalue weighted by Gasteiger charge is 2.33. The number of anilines is 1. The second kappa shape index (κ2) is 8.68. The highest BCUT2D eigenvalue weighted by molar-refractivity contribution is 6.13. The molecule has 31 heavy (non-hydrogen) atoms. The van der Waals surface area contributed by atoms with Crippen molar-refractivity contribution in [2.24, 2.45) is 5.73 Å². The zero-order valence-electron chi connectivity index (χ0n) is 16.5. The van der Waals surface area contributed by atoms with Gasteiger partial charge in [0.2, 0.25) is 5.91 Å². The quantitative estimate of drug-likeness (QED) is 0.422. The van der Waals surface area contributed by atoms with E-state index in [1.807, 2.05) is 30.3 Å². The smallest absolute Gasteiger partial charge is 0.329 e. The van der Waals surface area contributed by atoms with Crippen LogP contribution in [0.4, 0.5) is 10.5 Å². The molecule has 0 aliphatic carbocycles. The minimum Gasteiger partial charge on any atom is -0.457 e. The first-order chi connectivity index (χ1) is 15.0. The van der Waals surface area contributed by atoms with E-state index in [1.54, 1.807) is 36.4 Å². The average molecular weight is 416 g/mol. The van der Waals surface area contributed by atoms with Crippen molar-refractivity contribution in [1.29, 1.82) is 0 Å². The van der Waals surface area contributed by atoms with Crippen LogP contribution in [0.25, 0.3) is 17.4 Å². The molecule has 1 fully saturated rings. The van der Waals surface area contributed by atoms with Crippen LogP contribution in [-0.4, -0.2) is 29.3 Å². The summed E-state index contributed by atoms with van der Waals surface area (Å²) in [5, 5.41) is 5.26. The third-order valence-electron chi connectivity index (χ3n) is 4.70. The number of imide groups is 1. The third-order valence-corrected chi connectivity index (χ3v) is 4.70. The van der Waals surface area contributed by atoms with Crippen LogP contribution < -0.4 is 16.4 Å². The summed E-state index contributed by atoms with van der Waals surface area (Å²) in [6, 6.07) is 19.4. The van der Waals surface area contributed by atoms with E-state index < -0.39 is 11.9 Å². The van der Waals surface area contributed by atoms with E-state index in [4.69, 9.17) is 10.2 Å². The van der Waals surface area contributed by atoms with Gasteiger partial charge in [-0.2, -0.15) is 0 Å². The van der Waals surface area contributed by atoms with Crippen molar-refractivity contribution in [2.75, 3.05) is 11.9 Å². The topological polar surface area (TPSA) is 118 Å². The number of nitrogens with zero attached hydrogens (tertiary/aromatic N) is 1. The lowest BCUT2D eigenvalue weighted by Gasteiger charge is -2.11. The Balaban J connectivity index is 1.47. The molecule has 0 radical (unpaired) electrons. The number of benzene rings is 2. The van der Waals surface area contributed by atoms with Crippen molar-refractivity contribution < 1.29 is 18.8 Å². The Morgan fingerprint density at radius 1 is 1.03 bits per heavy atom. The van der Waals surface area contributed by atoms with E-state index in [9.17, 15) is 14.4 Å². The lowest BCUT2D eigenvalue weighted by atomic mass is 10.1. The van der Waals surface area contributed by atoms with Gasteiger partial charge in [0.1, 0.15) is 17.2 Å². The number of carbonyl (C=O) groups excluding carboxylic acids is 3. The zero-order chi connectivity index (χ0) is 21.8. The maximum atomic E-state index is 12.6. The summed E-state index contributed by atoms with van der Waals surface area (Å²) in [6.07, 6.45) is 1.50. The maximum Gasteiger partial charge on any atom is 0.329 e. The van der Waals surface area contributed by atoms with Gasteiger partial charge in [-0.1, -0.05) is 30.3 Å². The Labute approximate surface area is 178 Å². The summed E-state index contributed by atoms with van der Waals surface area (Å²) in [5.74, 6) is 0.332. The molecule has 2 heterocycles. The molecule has 0 saturated carbocycles. The molecule has 156 valence electrons. The molecule has 3 aromatic rings. The Morgan fingerprint density at radius 2 is 1.77 bits per heavy atom. The fourth-order valence-electron chi connectivity index (χ4n) is 3.14. The first-order valence-electron chi connectivity index (χ1n) is 9.62. The minimum atomic E-state index is -0.470. The van der Waals surface area contributed by atoms with Crippen molar-refractivity contribution in [2.45, 2.75) is 6.54 Å². The molecule has 2 aromatic carbocycles. The predicted molar refractivity (Wildman–Crippen MR) is 115 cm³/mol. The van der Waals surface area contributed by atoms with Crippen molar-refractivity contribution in [3.63, 3.8) is 0 Å². The van der Waals surface area contributed by atoms with E-state index in [0.717, 1.165) is 16.0 Å². The highest BCUT2D eigenvalue weighted by Crippen LogP contribution is 2.25. The molecule has 1 aliphatic rings. The van der Waals surface area contributed by atoms with Crippen LogP contribution in [0.1, 0.15) is 11.3 Å². The molecule has 1 saturated heterocycles. The summed E-state index contributed by atoms with van der Waals surface area (Å²) in [4.78, 5) is 37.4. The Bertz CT molecular complexity index is 1150. The molecule has 4 amide bonds. The molecule has 8 heteroatoms. The Hall–Kier alpha value is -4.17. The summed E-state index contributed by atoms with van der Waals surface area (Å²) < 4.78 is 5.81. The number of nitrogens with two attached hydrogens (primary N) is 1. The van der Waals surface area contributed by atoms with E-state index in [2.05, 4.69) is 10.6 Å². The van der Waals surface area contributed by atoms with Crippen LogP contribution in [0.3, 0.4) is 0 Å². The second-order valence-electron chi connectivity index (χ2n) is 6.90. The molecule has 1 aromatic heterocycles. The van der Waals surface area contributed by atoms with Gasteiger partial charge < -0.3 is 20.8 Å². The largest absolute Gasteiger partial charge is 0.457 e. The summed E-state index contributed by atoms with van der Waals surface area (Å²) in [7, 11) is 0. The monoisotopic (exact) mass is 416 g/mol. The van der Waals surface area contributed by atoms with Gasteiger partial charge in [-0.05, 0) is 42.0 Å². The Kier molecular flexibility index (Phi) is 5.63. The molecule has 0 atom stereocenters. The molecular weight excluding hydrogens is 396 g/mol. The number of amides is 4. The Morgan fingerprint density at radius 3 is 2.48 bits per heavy atom. The van der Waals surface area contributed by atoms with Crippen LogP contribution in [-0.2, 0) is 16.1 Å². The molecule has 0 unspecified atom stereocenters. The molecule has 0 spiro atoms. The number of urea groups is 1. The lowest BCUT2D eigenvalue weighted by Crippen LogP contribution is -2.30. The molecular formula is C23H20N4O4. The standard InChI is InChI=1S/C23H20N4O4/c24-13-21(28)25-17-8-6-16(7-9-17)20-11-10-18(31-20)12-19-22(29)27(23(30)26-19)14-15-4-2-1-3-5-15/h1-12H,13-14,24H2,(H,25,28)(H,26,30)/b19-12-. The average Bonchev–Trinajstić information content (AvgIpc) is 3.35. The minimum absolute atomic E-state index is 0.0873. The second-order valence-corrected chi connectivity index (χ2v) is 6.90. The molecule has 0 bridgehead atoms. The lowest BCUT2D eigenvalue weighted by molar-refractivity contribution is -0.123. The third kappa shape index (κ3) is 4.54. The van der Waals surface area contributed by atoms with Gasteiger partial charge in [0.05, 0.1) is 13.1 Å². The van der Waals surface area contributed by atoms with Gasteiger partial charge in [0.15, 0.2) is 0 Å². The predicted octanol–water partition coefficient (Wildman–Crippen LogP) is 2.94. The first kappa shape index (κ1) is 20.1. The van der Waals surface area contributed by atoms with Crippen molar-refractivity contribution in [3.8, 4) is 11.3 Å². The van der Waals surface area contributed by atoms with Crippen LogP contribution >= 0.6 is 0 Å². The number of furan rings is 1. The van der Waals surface area contributed by atoms with Crippen LogP contribution in [0.2, 0.25) is 0 Å². The fourth-order valence-corrected chi connectivity index (χ4v) is 3.14. The molecule has 4 N–H and O–H groups in total. The van der Waals surface area contributed by atoms with E-state index in [1.165, 1.54) is 6.08 Å². The van der Waals surface area contributed by atoms with E-state index in [-0.39, 0.29) is 24.7 Å². The first-order valence-corrected chi connectivity index (χ1v) is 9.62.